The summed E-state index contributed by atoms with van der Waals surface area (Å²) < 4.78 is 1.79. The largest absolute Gasteiger partial charge is 0.393 e. The molecule has 2 aromatic rings. The molecule has 128 valence electrons. The van der Waals surface area contributed by atoms with Crippen LogP contribution in [0.1, 0.15) is 24.8 Å². The lowest BCUT2D eigenvalue weighted by molar-refractivity contribution is 0.114. The Morgan fingerprint density at radius 3 is 2.79 bits per heavy atom. The SMILES string of the molecule is CN(CC1CCCC1O)C(=O)NCc1ccc(-n2cccn2)cc1. The van der Waals surface area contributed by atoms with Gasteiger partial charge in [0.1, 0.15) is 0 Å². The first-order valence-electron chi connectivity index (χ1n) is 8.39. The lowest BCUT2D eigenvalue weighted by Crippen LogP contribution is -2.40. The molecule has 0 spiro atoms. The minimum absolute atomic E-state index is 0.106. The van der Waals surface area contributed by atoms with Gasteiger partial charge in [-0.15, -0.1) is 0 Å². The second kappa shape index (κ2) is 7.49. The first-order valence-corrected chi connectivity index (χ1v) is 8.39. The van der Waals surface area contributed by atoms with E-state index in [1.165, 1.54) is 0 Å². The van der Waals surface area contributed by atoms with Gasteiger partial charge < -0.3 is 15.3 Å². The van der Waals surface area contributed by atoms with Crippen molar-refractivity contribution in [1.82, 2.24) is 20.0 Å². The number of hydrogen-bond donors (Lipinski definition) is 2. The van der Waals surface area contributed by atoms with Crippen molar-refractivity contribution in [3.63, 3.8) is 0 Å². The monoisotopic (exact) mass is 328 g/mol. The van der Waals surface area contributed by atoms with Crippen molar-refractivity contribution in [2.45, 2.75) is 31.9 Å². The number of benzene rings is 1. The lowest BCUT2D eigenvalue weighted by atomic mass is 10.1. The fraction of sp³-hybridized carbons (Fsp3) is 0.444. The molecule has 6 heteroatoms. The van der Waals surface area contributed by atoms with Crippen LogP contribution in [0.2, 0.25) is 0 Å². The van der Waals surface area contributed by atoms with Crippen molar-refractivity contribution in [3.8, 4) is 5.69 Å². The average molecular weight is 328 g/mol. The van der Waals surface area contributed by atoms with Gasteiger partial charge in [0.25, 0.3) is 0 Å². The maximum Gasteiger partial charge on any atom is 0.317 e. The molecule has 1 aliphatic carbocycles. The van der Waals surface area contributed by atoms with Gasteiger partial charge in [-0.1, -0.05) is 18.6 Å². The van der Waals surface area contributed by atoms with Crippen LogP contribution < -0.4 is 5.32 Å². The number of nitrogens with one attached hydrogen (secondary N) is 1. The highest BCUT2D eigenvalue weighted by Gasteiger charge is 2.27. The second-order valence-corrected chi connectivity index (χ2v) is 6.41. The Morgan fingerprint density at radius 2 is 2.17 bits per heavy atom. The third-order valence-electron chi connectivity index (χ3n) is 4.62. The molecule has 1 fully saturated rings. The number of aliphatic hydroxyl groups excluding tert-OH is 1. The fourth-order valence-corrected chi connectivity index (χ4v) is 3.17. The molecule has 2 unspecified atom stereocenters. The predicted octanol–water partition coefficient (Wildman–Crippen LogP) is 2.17. The Morgan fingerprint density at radius 1 is 1.38 bits per heavy atom. The molecular formula is C18H24N4O2. The van der Waals surface area contributed by atoms with Gasteiger partial charge in [-0.05, 0) is 36.6 Å². The third-order valence-corrected chi connectivity index (χ3v) is 4.62. The Labute approximate surface area is 142 Å². The molecule has 0 saturated heterocycles. The van der Waals surface area contributed by atoms with Crippen molar-refractivity contribution < 1.29 is 9.90 Å². The number of aliphatic hydroxyl groups is 1. The summed E-state index contributed by atoms with van der Waals surface area (Å²) in [7, 11) is 1.78. The summed E-state index contributed by atoms with van der Waals surface area (Å²) in [4.78, 5) is 13.8. The Hall–Kier alpha value is -2.34. The molecule has 1 aliphatic rings. The van der Waals surface area contributed by atoms with E-state index < -0.39 is 0 Å². The van der Waals surface area contributed by atoms with Crippen LogP contribution in [-0.2, 0) is 6.54 Å². The van der Waals surface area contributed by atoms with E-state index in [2.05, 4.69) is 10.4 Å². The van der Waals surface area contributed by atoms with E-state index in [1.54, 1.807) is 22.8 Å². The summed E-state index contributed by atoms with van der Waals surface area (Å²) >= 11 is 0. The van der Waals surface area contributed by atoms with Crippen LogP contribution in [-0.4, -0.2) is 45.5 Å². The Bertz CT molecular complexity index is 654. The zero-order chi connectivity index (χ0) is 16.9. The summed E-state index contributed by atoms with van der Waals surface area (Å²) in [5, 5.41) is 17.0. The molecule has 1 aromatic carbocycles. The van der Waals surface area contributed by atoms with Gasteiger partial charge in [0.15, 0.2) is 0 Å². The zero-order valence-electron chi connectivity index (χ0n) is 13.9. The van der Waals surface area contributed by atoms with Crippen molar-refractivity contribution in [2.24, 2.45) is 5.92 Å². The van der Waals surface area contributed by atoms with Crippen LogP contribution in [0, 0.1) is 5.92 Å². The van der Waals surface area contributed by atoms with E-state index >= 15 is 0 Å². The molecular weight excluding hydrogens is 304 g/mol. The highest BCUT2D eigenvalue weighted by atomic mass is 16.3. The van der Waals surface area contributed by atoms with Crippen molar-refractivity contribution in [3.05, 3.63) is 48.3 Å². The molecule has 0 aliphatic heterocycles. The third kappa shape index (κ3) is 3.94. The first kappa shape index (κ1) is 16.5. The highest BCUT2D eigenvalue weighted by Crippen LogP contribution is 2.25. The number of urea groups is 1. The van der Waals surface area contributed by atoms with Gasteiger partial charge >= 0.3 is 6.03 Å². The van der Waals surface area contributed by atoms with Gasteiger partial charge in [0, 0.05) is 38.4 Å². The molecule has 2 atom stereocenters. The van der Waals surface area contributed by atoms with Gasteiger partial charge in [-0.3, -0.25) is 0 Å². The van der Waals surface area contributed by atoms with Gasteiger partial charge in [0.05, 0.1) is 11.8 Å². The molecule has 2 N–H and O–H groups in total. The van der Waals surface area contributed by atoms with Crippen LogP contribution in [0.4, 0.5) is 4.79 Å². The maximum absolute atomic E-state index is 12.2. The molecule has 1 heterocycles. The number of rotatable bonds is 5. The highest BCUT2D eigenvalue weighted by molar-refractivity contribution is 5.73. The fourth-order valence-electron chi connectivity index (χ4n) is 3.17. The molecule has 0 radical (unpaired) electrons. The zero-order valence-corrected chi connectivity index (χ0v) is 13.9. The quantitative estimate of drug-likeness (QED) is 0.884. The Balaban J connectivity index is 1.48. The molecule has 3 rings (SSSR count). The molecule has 24 heavy (non-hydrogen) atoms. The van der Waals surface area contributed by atoms with Crippen LogP contribution in [0.25, 0.3) is 5.69 Å². The van der Waals surface area contributed by atoms with Gasteiger partial charge in [0.2, 0.25) is 0 Å². The van der Waals surface area contributed by atoms with E-state index in [0.717, 1.165) is 30.5 Å². The van der Waals surface area contributed by atoms with Crippen LogP contribution in [0.3, 0.4) is 0 Å². The second-order valence-electron chi connectivity index (χ2n) is 6.41. The summed E-state index contributed by atoms with van der Waals surface area (Å²) in [5.41, 5.74) is 2.02. The summed E-state index contributed by atoms with van der Waals surface area (Å²) in [6, 6.07) is 9.70. The number of aromatic nitrogens is 2. The molecule has 1 aromatic heterocycles. The summed E-state index contributed by atoms with van der Waals surface area (Å²) in [5.74, 6) is 0.203. The molecule has 6 nitrogen and oxygen atoms in total. The van der Waals surface area contributed by atoms with E-state index in [1.807, 2.05) is 36.5 Å². The Kier molecular flexibility index (Phi) is 5.15. The number of nitrogens with zero attached hydrogens (tertiary/aromatic N) is 3. The normalized spacial score (nSPS) is 20.1. The van der Waals surface area contributed by atoms with Crippen molar-refractivity contribution >= 4 is 6.03 Å². The van der Waals surface area contributed by atoms with Gasteiger partial charge in [-0.2, -0.15) is 5.10 Å². The number of carbonyl (C=O) groups is 1. The van der Waals surface area contributed by atoms with Crippen LogP contribution >= 0.6 is 0 Å². The van der Waals surface area contributed by atoms with Crippen molar-refractivity contribution in [2.75, 3.05) is 13.6 Å². The minimum Gasteiger partial charge on any atom is -0.393 e. The average Bonchev–Trinajstić information content (AvgIpc) is 3.26. The predicted molar refractivity (Wildman–Crippen MR) is 91.8 cm³/mol. The summed E-state index contributed by atoms with van der Waals surface area (Å²) in [6.07, 6.45) is 6.25. The van der Waals surface area contributed by atoms with Crippen molar-refractivity contribution in [1.29, 1.82) is 0 Å². The maximum atomic E-state index is 12.2. The standard InChI is InChI=1S/C18H24N4O2/c1-21(13-15-4-2-5-17(15)23)18(24)19-12-14-6-8-16(9-7-14)22-11-3-10-20-22/h3,6-11,15,17,23H,2,4-5,12-13H2,1H3,(H,19,24). The molecule has 1 saturated carbocycles. The number of carbonyl (C=O) groups excluding carboxylic acids is 1. The minimum atomic E-state index is -0.268. The first-order chi connectivity index (χ1) is 11.6. The van der Waals surface area contributed by atoms with Gasteiger partial charge in [-0.25, -0.2) is 9.48 Å². The van der Waals surface area contributed by atoms with Crippen LogP contribution in [0.5, 0.6) is 0 Å². The topological polar surface area (TPSA) is 70.4 Å². The molecule has 0 bridgehead atoms. The van der Waals surface area contributed by atoms with E-state index in [9.17, 15) is 9.90 Å². The molecule has 2 amide bonds. The van der Waals surface area contributed by atoms with Crippen LogP contribution in [0.15, 0.2) is 42.7 Å². The smallest absolute Gasteiger partial charge is 0.317 e. The van der Waals surface area contributed by atoms with E-state index in [-0.39, 0.29) is 18.1 Å². The van der Waals surface area contributed by atoms with E-state index in [0.29, 0.717) is 13.1 Å². The number of hydrogen-bond acceptors (Lipinski definition) is 3. The lowest BCUT2D eigenvalue weighted by Gasteiger charge is -2.23. The summed E-state index contributed by atoms with van der Waals surface area (Å²) in [6.45, 7) is 1.08. The van der Waals surface area contributed by atoms with E-state index in [4.69, 9.17) is 0 Å². The number of amides is 2.